The zero-order valence-corrected chi connectivity index (χ0v) is 11.0. The maximum Gasteiger partial charge on any atom is 0.220 e. The Morgan fingerprint density at radius 3 is 3.00 bits per heavy atom. The summed E-state index contributed by atoms with van der Waals surface area (Å²) < 4.78 is 0. The van der Waals surface area contributed by atoms with Crippen LogP contribution in [0.25, 0.3) is 5.57 Å². The number of nitrogen functional groups attached to an aromatic ring is 1. The summed E-state index contributed by atoms with van der Waals surface area (Å²) in [6, 6.07) is 1.88. The summed E-state index contributed by atoms with van der Waals surface area (Å²) >= 11 is 0. The van der Waals surface area contributed by atoms with Crippen molar-refractivity contribution in [3.05, 3.63) is 47.7 Å². The van der Waals surface area contributed by atoms with E-state index in [0.717, 1.165) is 29.2 Å². The molecule has 1 aromatic heterocycles. The zero-order chi connectivity index (χ0) is 13.4. The zero-order valence-electron chi connectivity index (χ0n) is 11.0. The Morgan fingerprint density at radius 1 is 1.42 bits per heavy atom. The van der Waals surface area contributed by atoms with Crippen molar-refractivity contribution in [2.45, 2.75) is 0 Å². The summed E-state index contributed by atoms with van der Waals surface area (Å²) in [5.74, 6) is 0.297. The number of rotatable bonds is 2. The van der Waals surface area contributed by atoms with Gasteiger partial charge in [-0.1, -0.05) is 0 Å². The predicted molar refractivity (Wildman–Crippen MR) is 74.1 cm³/mol. The molecule has 2 aliphatic rings. The lowest BCUT2D eigenvalue weighted by molar-refractivity contribution is 0.128. The van der Waals surface area contributed by atoms with E-state index in [1.807, 2.05) is 37.4 Å². The molecule has 0 amide bonds. The number of hydrogen-bond acceptors (Lipinski definition) is 6. The highest BCUT2D eigenvalue weighted by atomic mass is 15.6. The van der Waals surface area contributed by atoms with Crippen LogP contribution in [-0.4, -0.2) is 40.6 Å². The van der Waals surface area contributed by atoms with Gasteiger partial charge in [-0.25, -0.2) is 15.0 Å². The Morgan fingerprint density at radius 2 is 2.26 bits per heavy atom. The lowest BCUT2D eigenvalue weighted by Gasteiger charge is -2.31. The molecule has 19 heavy (non-hydrogen) atoms. The molecule has 0 bridgehead atoms. The summed E-state index contributed by atoms with van der Waals surface area (Å²) in [5, 5.41) is 7.49. The van der Waals surface area contributed by atoms with E-state index in [2.05, 4.69) is 26.4 Å². The van der Waals surface area contributed by atoms with Crippen LogP contribution in [0.15, 0.2) is 42.0 Å². The third-order valence-electron chi connectivity index (χ3n) is 3.13. The van der Waals surface area contributed by atoms with E-state index >= 15 is 0 Å². The van der Waals surface area contributed by atoms with Gasteiger partial charge in [0.15, 0.2) is 0 Å². The van der Waals surface area contributed by atoms with E-state index in [9.17, 15) is 0 Å². The van der Waals surface area contributed by atoms with Gasteiger partial charge in [0.25, 0.3) is 0 Å². The molecule has 6 nitrogen and oxygen atoms in total. The van der Waals surface area contributed by atoms with Crippen molar-refractivity contribution in [1.29, 1.82) is 0 Å². The van der Waals surface area contributed by atoms with Crippen LogP contribution in [0, 0.1) is 0 Å². The van der Waals surface area contributed by atoms with Crippen molar-refractivity contribution in [2.24, 2.45) is 0 Å². The normalized spacial score (nSPS) is 17.6. The van der Waals surface area contributed by atoms with E-state index in [1.165, 1.54) is 0 Å². The summed E-state index contributed by atoms with van der Waals surface area (Å²) in [4.78, 5) is 8.25. The van der Waals surface area contributed by atoms with Crippen molar-refractivity contribution in [2.75, 3.05) is 26.4 Å². The second-order valence-electron chi connectivity index (χ2n) is 4.59. The summed E-state index contributed by atoms with van der Waals surface area (Å²) in [6.07, 6.45) is 7.79. The third kappa shape index (κ3) is 1.96. The van der Waals surface area contributed by atoms with Crippen LogP contribution < -0.4 is 11.1 Å². The molecule has 2 aliphatic heterocycles. The fourth-order valence-electron chi connectivity index (χ4n) is 2.30. The van der Waals surface area contributed by atoms with Gasteiger partial charge in [0.2, 0.25) is 5.95 Å². The minimum Gasteiger partial charge on any atom is -0.379 e. The van der Waals surface area contributed by atoms with Gasteiger partial charge in [0, 0.05) is 38.6 Å². The molecule has 3 heterocycles. The maximum atomic E-state index is 5.67. The highest BCUT2D eigenvalue weighted by Gasteiger charge is 2.27. The quantitative estimate of drug-likeness (QED) is 0.806. The number of hydrazine groups is 1. The van der Waals surface area contributed by atoms with Crippen LogP contribution in [0.3, 0.4) is 0 Å². The summed E-state index contributed by atoms with van der Waals surface area (Å²) in [5.41, 5.74) is 9.87. The molecule has 0 atom stereocenters. The van der Waals surface area contributed by atoms with Crippen LogP contribution in [0.2, 0.25) is 0 Å². The molecule has 3 rings (SSSR count). The Balaban J connectivity index is 2.11. The van der Waals surface area contributed by atoms with E-state index in [4.69, 9.17) is 5.73 Å². The second-order valence-corrected chi connectivity index (χ2v) is 4.59. The van der Waals surface area contributed by atoms with Crippen molar-refractivity contribution in [3.63, 3.8) is 0 Å². The molecule has 0 saturated heterocycles. The molecule has 0 radical (unpaired) electrons. The van der Waals surface area contributed by atoms with Gasteiger partial charge in [0.1, 0.15) is 0 Å². The molecular formula is C13H16N6. The first-order valence-corrected chi connectivity index (χ1v) is 6.08. The lowest BCUT2D eigenvalue weighted by atomic mass is 10.1. The number of anilines is 1. The molecule has 0 spiro atoms. The summed E-state index contributed by atoms with van der Waals surface area (Å²) in [6.45, 7) is 0.740. The Hall–Kier alpha value is -2.34. The number of nitrogens with one attached hydrogen (secondary N) is 1. The highest BCUT2D eigenvalue weighted by molar-refractivity contribution is 5.75. The van der Waals surface area contributed by atoms with E-state index < -0.39 is 0 Å². The van der Waals surface area contributed by atoms with Crippen molar-refractivity contribution < 1.29 is 0 Å². The van der Waals surface area contributed by atoms with Crippen molar-refractivity contribution in [1.82, 2.24) is 25.3 Å². The predicted octanol–water partition coefficient (Wildman–Crippen LogP) is 0.563. The minimum atomic E-state index is 0.297. The number of allylic oxidation sites excluding steroid dienone is 2. The first kappa shape index (κ1) is 11.7. The van der Waals surface area contributed by atoms with E-state index in [0.29, 0.717) is 5.95 Å². The van der Waals surface area contributed by atoms with Gasteiger partial charge in [0.05, 0.1) is 17.1 Å². The fraction of sp³-hybridized carbons (Fsp3) is 0.231. The largest absolute Gasteiger partial charge is 0.379 e. The van der Waals surface area contributed by atoms with Crippen molar-refractivity contribution in [3.8, 4) is 0 Å². The fourth-order valence-corrected chi connectivity index (χ4v) is 2.30. The van der Waals surface area contributed by atoms with Crippen LogP contribution in [0.4, 0.5) is 5.95 Å². The second kappa shape index (κ2) is 4.40. The van der Waals surface area contributed by atoms with Crippen LogP contribution in [0.1, 0.15) is 5.69 Å². The average Bonchev–Trinajstić information content (AvgIpc) is 2.82. The number of aromatic nitrogens is 2. The molecule has 0 unspecified atom stereocenters. The molecule has 0 aromatic carbocycles. The number of fused-ring (bicyclic) bond motifs is 1. The van der Waals surface area contributed by atoms with E-state index in [1.54, 1.807) is 6.20 Å². The Labute approximate surface area is 111 Å². The SMILES string of the molecule is CN(C)N1C=CC=C2NCC(c3ccnc(N)n3)=C21. The Bertz CT molecular complexity index is 599. The van der Waals surface area contributed by atoms with Gasteiger partial charge in [-0.15, -0.1) is 0 Å². The summed E-state index contributed by atoms with van der Waals surface area (Å²) in [7, 11) is 4.01. The average molecular weight is 256 g/mol. The maximum absolute atomic E-state index is 5.67. The van der Waals surface area contributed by atoms with Crippen LogP contribution in [0.5, 0.6) is 0 Å². The van der Waals surface area contributed by atoms with Crippen LogP contribution >= 0.6 is 0 Å². The molecule has 0 aliphatic carbocycles. The molecule has 98 valence electrons. The first-order valence-electron chi connectivity index (χ1n) is 6.08. The number of hydrogen-bond donors (Lipinski definition) is 2. The Kier molecular flexibility index (Phi) is 2.72. The standard InChI is InChI=1S/C13H16N6/c1-18(2)19-7-3-4-11-12(19)9(8-16-11)10-5-6-15-13(14)17-10/h3-7,16H,8H2,1-2H3,(H2,14,15,17). The van der Waals surface area contributed by atoms with E-state index in [-0.39, 0.29) is 0 Å². The molecular weight excluding hydrogens is 240 g/mol. The van der Waals surface area contributed by atoms with Gasteiger partial charge in [-0.3, -0.25) is 5.01 Å². The van der Waals surface area contributed by atoms with Gasteiger partial charge in [-0.2, -0.15) is 0 Å². The third-order valence-corrected chi connectivity index (χ3v) is 3.13. The first-order chi connectivity index (χ1) is 9.16. The number of nitrogens with two attached hydrogens (primary N) is 1. The molecule has 0 saturated carbocycles. The smallest absolute Gasteiger partial charge is 0.220 e. The number of nitrogens with zero attached hydrogens (tertiary/aromatic N) is 4. The van der Waals surface area contributed by atoms with Gasteiger partial charge in [-0.05, 0) is 18.2 Å². The topological polar surface area (TPSA) is 70.3 Å². The van der Waals surface area contributed by atoms with Crippen molar-refractivity contribution >= 4 is 11.5 Å². The highest BCUT2D eigenvalue weighted by Crippen LogP contribution is 2.32. The van der Waals surface area contributed by atoms with Gasteiger partial charge < -0.3 is 11.1 Å². The molecule has 1 aromatic rings. The monoisotopic (exact) mass is 256 g/mol. The lowest BCUT2D eigenvalue weighted by Crippen LogP contribution is -2.34. The van der Waals surface area contributed by atoms with Gasteiger partial charge >= 0.3 is 0 Å². The molecule has 6 heteroatoms. The minimum absolute atomic E-state index is 0.297. The van der Waals surface area contributed by atoms with Crippen LogP contribution in [-0.2, 0) is 0 Å². The molecule has 3 N–H and O–H groups in total. The molecule has 0 fully saturated rings.